The minimum Gasteiger partial charge on any atom is -0.493 e. The molecule has 0 aromatic heterocycles. The van der Waals surface area contributed by atoms with Gasteiger partial charge in [-0.05, 0) is 44.0 Å². The Hall–Kier alpha value is -1.75. The maximum atomic E-state index is 11.1. The lowest BCUT2D eigenvalue weighted by molar-refractivity contribution is -0.143. The van der Waals surface area contributed by atoms with E-state index in [0.29, 0.717) is 13.2 Å². The minimum atomic E-state index is -0.691. The van der Waals surface area contributed by atoms with Gasteiger partial charge in [0.1, 0.15) is 0 Å². The number of nitrogens with zero attached hydrogens (tertiary/aromatic N) is 1. The van der Waals surface area contributed by atoms with Crippen molar-refractivity contribution in [3.63, 3.8) is 0 Å². The Balaban J connectivity index is 2.03. The van der Waals surface area contributed by atoms with Gasteiger partial charge in [-0.3, -0.25) is 9.69 Å². The monoisotopic (exact) mass is 293 g/mol. The van der Waals surface area contributed by atoms with Gasteiger partial charge >= 0.3 is 5.97 Å². The molecule has 1 aliphatic heterocycles. The highest BCUT2D eigenvalue weighted by atomic mass is 16.5. The number of piperidine rings is 1. The molecule has 1 aliphatic rings. The molecule has 0 saturated carbocycles. The van der Waals surface area contributed by atoms with Gasteiger partial charge in [0, 0.05) is 13.1 Å². The lowest BCUT2D eigenvalue weighted by Gasteiger charge is -2.30. The van der Waals surface area contributed by atoms with Gasteiger partial charge in [-0.2, -0.15) is 0 Å². The van der Waals surface area contributed by atoms with Gasteiger partial charge in [0.05, 0.1) is 19.6 Å². The van der Waals surface area contributed by atoms with Crippen molar-refractivity contribution in [2.45, 2.75) is 26.3 Å². The third-order valence-electron chi connectivity index (χ3n) is 3.79. The number of rotatable bonds is 6. The summed E-state index contributed by atoms with van der Waals surface area (Å²) in [5.74, 6) is 0.527. The van der Waals surface area contributed by atoms with E-state index < -0.39 is 5.97 Å². The number of hydrogen-bond acceptors (Lipinski definition) is 4. The molecule has 0 amide bonds. The summed E-state index contributed by atoms with van der Waals surface area (Å²) < 4.78 is 10.9. The average molecular weight is 293 g/mol. The van der Waals surface area contributed by atoms with Crippen LogP contribution in [0.1, 0.15) is 25.3 Å². The van der Waals surface area contributed by atoms with Crippen molar-refractivity contribution >= 4 is 5.97 Å². The van der Waals surface area contributed by atoms with E-state index in [4.69, 9.17) is 14.6 Å². The molecule has 1 heterocycles. The molecule has 1 aromatic rings. The van der Waals surface area contributed by atoms with Crippen molar-refractivity contribution in [1.29, 1.82) is 0 Å². The molecular weight excluding hydrogens is 270 g/mol. The molecule has 5 nitrogen and oxygen atoms in total. The van der Waals surface area contributed by atoms with Gasteiger partial charge in [0.15, 0.2) is 11.5 Å². The second-order valence-corrected chi connectivity index (χ2v) is 5.33. The van der Waals surface area contributed by atoms with Crippen molar-refractivity contribution in [2.24, 2.45) is 5.92 Å². The summed E-state index contributed by atoms with van der Waals surface area (Å²) in [4.78, 5) is 13.3. The van der Waals surface area contributed by atoms with Crippen LogP contribution in [0.3, 0.4) is 0 Å². The first-order valence-corrected chi connectivity index (χ1v) is 7.39. The number of carboxylic acid groups (broad SMARTS) is 1. The predicted molar refractivity (Wildman–Crippen MR) is 79.8 cm³/mol. The summed E-state index contributed by atoms with van der Waals surface area (Å²) >= 11 is 0. The minimum absolute atomic E-state index is 0.247. The van der Waals surface area contributed by atoms with E-state index in [9.17, 15) is 4.79 Å². The zero-order chi connectivity index (χ0) is 15.2. The SMILES string of the molecule is CCOc1ccc(CN2CCCC(C(=O)O)C2)cc1OC. The third-order valence-corrected chi connectivity index (χ3v) is 3.79. The summed E-state index contributed by atoms with van der Waals surface area (Å²) in [6.45, 7) is 4.84. The maximum Gasteiger partial charge on any atom is 0.307 e. The molecule has 0 spiro atoms. The zero-order valence-corrected chi connectivity index (χ0v) is 12.7. The Morgan fingerprint density at radius 1 is 1.43 bits per heavy atom. The van der Waals surface area contributed by atoms with E-state index in [1.807, 2.05) is 25.1 Å². The Labute approximate surface area is 125 Å². The van der Waals surface area contributed by atoms with E-state index >= 15 is 0 Å². The smallest absolute Gasteiger partial charge is 0.307 e. The summed E-state index contributed by atoms with van der Waals surface area (Å²) in [6, 6.07) is 5.89. The molecule has 1 N–H and O–H groups in total. The molecule has 1 saturated heterocycles. The van der Waals surface area contributed by atoms with Crippen molar-refractivity contribution in [2.75, 3.05) is 26.8 Å². The molecule has 1 aromatic carbocycles. The summed E-state index contributed by atoms with van der Waals surface area (Å²) in [6.07, 6.45) is 1.71. The van der Waals surface area contributed by atoms with Crippen LogP contribution in [0.2, 0.25) is 0 Å². The normalized spacial score (nSPS) is 19.2. The fraction of sp³-hybridized carbons (Fsp3) is 0.562. The van der Waals surface area contributed by atoms with Crippen LogP contribution >= 0.6 is 0 Å². The fourth-order valence-electron chi connectivity index (χ4n) is 2.74. The molecular formula is C16H23NO4. The Morgan fingerprint density at radius 2 is 2.24 bits per heavy atom. The summed E-state index contributed by atoms with van der Waals surface area (Å²) in [5, 5.41) is 9.14. The topological polar surface area (TPSA) is 59.0 Å². The van der Waals surface area contributed by atoms with Crippen molar-refractivity contribution in [3.8, 4) is 11.5 Å². The number of hydrogen-bond donors (Lipinski definition) is 1. The van der Waals surface area contributed by atoms with Crippen molar-refractivity contribution in [3.05, 3.63) is 23.8 Å². The van der Waals surface area contributed by atoms with Gasteiger partial charge in [0.2, 0.25) is 0 Å². The molecule has 0 radical (unpaired) electrons. The quantitative estimate of drug-likeness (QED) is 0.872. The molecule has 5 heteroatoms. The first-order chi connectivity index (χ1) is 10.1. The molecule has 1 unspecified atom stereocenters. The van der Waals surface area contributed by atoms with Gasteiger partial charge in [0.25, 0.3) is 0 Å². The highest BCUT2D eigenvalue weighted by molar-refractivity contribution is 5.70. The Bertz CT molecular complexity index is 489. The predicted octanol–water partition coefficient (Wildman–Crippen LogP) is 2.39. The third kappa shape index (κ3) is 4.11. The first kappa shape index (κ1) is 15.6. The van der Waals surface area contributed by atoms with E-state index in [2.05, 4.69) is 4.90 Å². The standard InChI is InChI=1S/C16H23NO4/c1-3-21-14-7-6-12(9-15(14)20-2)10-17-8-4-5-13(11-17)16(18)19/h6-7,9,13H,3-5,8,10-11H2,1-2H3,(H,18,19). The van der Waals surface area contributed by atoms with Crippen LogP contribution in [0.25, 0.3) is 0 Å². The Morgan fingerprint density at radius 3 is 2.90 bits per heavy atom. The lowest BCUT2D eigenvalue weighted by Crippen LogP contribution is -2.38. The highest BCUT2D eigenvalue weighted by Gasteiger charge is 2.25. The van der Waals surface area contributed by atoms with Gasteiger partial charge < -0.3 is 14.6 Å². The summed E-state index contributed by atoms with van der Waals surface area (Å²) in [5.41, 5.74) is 1.11. The van der Waals surface area contributed by atoms with Crippen molar-refractivity contribution in [1.82, 2.24) is 4.90 Å². The highest BCUT2D eigenvalue weighted by Crippen LogP contribution is 2.29. The van der Waals surface area contributed by atoms with E-state index in [1.165, 1.54) is 0 Å². The van der Waals surface area contributed by atoms with Crippen LogP contribution < -0.4 is 9.47 Å². The van der Waals surface area contributed by atoms with E-state index in [1.54, 1.807) is 7.11 Å². The number of carboxylic acids is 1. The number of likely N-dealkylation sites (tertiary alicyclic amines) is 1. The van der Waals surface area contributed by atoms with Crippen LogP contribution in [-0.2, 0) is 11.3 Å². The lowest BCUT2D eigenvalue weighted by atomic mass is 9.98. The van der Waals surface area contributed by atoms with E-state index in [-0.39, 0.29) is 5.92 Å². The molecule has 116 valence electrons. The van der Waals surface area contributed by atoms with Gasteiger partial charge in [-0.1, -0.05) is 6.07 Å². The number of ether oxygens (including phenoxy) is 2. The zero-order valence-electron chi connectivity index (χ0n) is 12.7. The number of carbonyl (C=O) groups is 1. The maximum absolute atomic E-state index is 11.1. The number of methoxy groups -OCH3 is 1. The molecule has 1 atom stereocenters. The van der Waals surface area contributed by atoms with E-state index in [0.717, 1.165) is 43.0 Å². The summed E-state index contributed by atoms with van der Waals surface area (Å²) in [7, 11) is 1.63. The molecule has 21 heavy (non-hydrogen) atoms. The average Bonchev–Trinajstić information content (AvgIpc) is 2.49. The van der Waals surface area contributed by atoms with Gasteiger partial charge in [-0.15, -0.1) is 0 Å². The van der Waals surface area contributed by atoms with Crippen LogP contribution in [0, 0.1) is 5.92 Å². The molecule has 1 fully saturated rings. The van der Waals surface area contributed by atoms with Crippen LogP contribution in [0.4, 0.5) is 0 Å². The Kier molecular flexibility index (Phi) is 5.44. The second kappa shape index (κ2) is 7.31. The second-order valence-electron chi connectivity index (χ2n) is 5.33. The van der Waals surface area contributed by atoms with Crippen LogP contribution in [0.5, 0.6) is 11.5 Å². The number of aliphatic carboxylic acids is 1. The molecule has 0 aliphatic carbocycles. The molecule has 0 bridgehead atoms. The first-order valence-electron chi connectivity index (χ1n) is 7.39. The fourth-order valence-corrected chi connectivity index (χ4v) is 2.74. The van der Waals surface area contributed by atoms with Crippen LogP contribution in [-0.4, -0.2) is 42.8 Å². The molecule has 2 rings (SSSR count). The van der Waals surface area contributed by atoms with Gasteiger partial charge in [-0.25, -0.2) is 0 Å². The largest absolute Gasteiger partial charge is 0.493 e. The number of benzene rings is 1. The van der Waals surface area contributed by atoms with Crippen molar-refractivity contribution < 1.29 is 19.4 Å². The van der Waals surface area contributed by atoms with Crippen LogP contribution in [0.15, 0.2) is 18.2 Å².